The Bertz CT molecular complexity index is 444. The fraction of sp³-hybridized carbons (Fsp3) is 0.462. The van der Waals surface area contributed by atoms with Crippen LogP contribution in [0.2, 0.25) is 0 Å². The van der Waals surface area contributed by atoms with Gasteiger partial charge in [-0.2, -0.15) is 0 Å². The predicted molar refractivity (Wildman–Crippen MR) is 75.8 cm³/mol. The van der Waals surface area contributed by atoms with E-state index in [4.69, 9.17) is 16.2 Å². The summed E-state index contributed by atoms with van der Waals surface area (Å²) >= 11 is 0. The van der Waals surface area contributed by atoms with Crippen LogP contribution < -0.4 is 16.8 Å². The third-order valence-electron chi connectivity index (χ3n) is 3.12. The molecule has 0 aromatic heterocycles. The minimum absolute atomic E-state index is 0.152. The summed E-state index contributed by atoms with van der Waals surface area (Å²) in [6, 6.07) is 5.38. The first-order valence-electron chi connectivity index (χ1n) is 6.41. The Balaban J connectivity index is 1.76. The van der Waals surface area contributed by atoms with Crippen LogP contribution in [0.5, 0.6) is 0 Å². The number of nitrogens with one attached hydrogen (secondary N) is 1. The van der Waals surface area contributed by atoms with Gasteiger partial charge < -0.3 is 26.4 Å². The maximum Gasteiger partial charge on any atom is 0.224 e. The minimum atomic E-state index is 0.152. The van der Waals surface area contributed by atoms with Crippen LogP contribution >= 0.6 is 0 Å². The van der Waals surface area contributed by atoms with E-state index in [1.165, 1.54) is 0 Å². The molecule has 1 heterocycles. The molecule has 1 aliphatic rings. The first-order chi connectivity index (χ1) is 9.16. The maximum atomic E-state index is 11.9. The van der Waals surface area contributed by atoms with Gasteiger partial charge in [0.15, 0.2) is 0 Å². The number of hydrogen-bond donors (Lipinski definition) is 3. The summed E-state index contributed by atoms with van der Waals surface area (Å²) in [7, 11) is 0. The molecule has 0 unspecified atom stereocenters. The van der Waals surface area contributed by atoms with Crippen LogP contribution in [-0.4, -0.2) is 43.7 Å². The quantitative estimate of drug-likeness (QED) is 0.689. The second-order valence-corrected chi connectivity index (χ2v) is 4.51. The third-order valence-corrected chi connectivity index (χ3v) is 3.12. The molecule has 1 aromatic carbocycles. The topological polar surface area (TPSA) is 93.6 Å². The molecule has 19 heavy (non-hydrogen) atoms. The Hall–Kier alpha value is -1.95. The highest BCUT2D eigenvalue weighted by Gasteiger charge is 2.15. The van der Waals surface area contributed by atoms with Crippen molar-refractivity contribution in [3.05, 3.63) is 18.2 Å². The van der Waals surface area contributed by atoms with Crippen LogP contribution in [-0.2, 0) is 9.53 Å². The minimum Gasteiger partial charge on any atom is -0.397 e. The molecule has 1 fully saturated rings. The molecular formula is C13H20N4O2. The Morgan fingerprint density at radius 1 is 1.26 bits per heavy atom. The smallest absolute Gasteiger partial charge is 0.224 e. The summed E-state index contributed by atoms with van der Waals surface area (Å²) < 4.78 is 5.21. The molecule has 1 aliphatic heterocycles. The van der Waals surface area contributed by atoms with Gasteiger partial charge >= 0.3 is 0 Å². The molecule has 6 nitrogen and oxygen atoms in total. The highest BCUT2D eigenvalue weighted by atomic mass is 16.5. The monoisotopic (exact) mass is 264 g/mol. The zero-order valence-electron chi connectivity index (χ0n) is 10.9. The number of rotatable bonds is 4. The van der Waals surface area contributed by atoms with Gasteiger partial charge in [-0.3, -0.25) is 4.79 Å². The largest absolute Gasteiger partial charge is 0.397 e. The van der Waals surface area contributed by atoms with E-state index >= 15 is 0 Å². The molecule has 0 aliphatic carbocycles. The zero-order valence-corrected chi connectivity index (χ0v) is 10.9. The van der Waals surface area contributed by atoms with Crippen LogP contribution in [0.25, 0.3) is 0 Å². The van der Waals surface area contributed by atoms with Crippen molar-refractivity contribution in [2.24, 2.45) is 0 Å². The van der Waals surface area contributed by atoms with Crippen molar-refractivity contribution in [3.63, 3.8) is 0 Å². The van der Waals surface area contributed by atoms with E-state index in [9.17, 15) is 4.79 Å². The first kappa shape index (κ1) is 13.5. The Labute approximate surface area is 112 Å². The van der Waals surface area contributed by atoms with Gasteiger partial charge in [-0.05, 0) is 18.2 Å². The van der Waals surface area contributed by atoms with Crippen molar-refractivity contribution in [1.82, 2.24) is 4.90 Å². The van der Waals surface area contributed by atoms with E-state index in [2.05, 4.69) is 5.32 Å². The predicted octanol–water partition coefficient (Wildman–Crippen LogP) is 0.512. The number of amides is 1. The van der Waals surface area contributed by atoms with Gasteiger partial charge in [-0.1, -0.05) is 0 Å². The SMILES string of the molecule is Nc1ccc(NCCC(=O)N2CCOCC2)cc1N. The average Bonchev–Trinajstić information content (AvgIpc) is 2.43. The number of ether oxygens (including phenoxy) is 1. The Kier molecular flexibility index (Phi) is 4.46. The lowest BCUT2D eigenvalue weighted by Gasteiger charge is -2.26. The van der Waals surface area contributed by atoms with E-state index in [0.717, 1.165) is 5.69 Å². The first-order valence-corrected chi connectivity index (χ1v) is 6.41. The number of morpholine rings is 1. The van der Waals surface area contributed by atoms with Gasteiger partial charge in [0, 0.05) is 31.7 Å². The molecule has 0 spiro atoms. The number of carbonyl (C=O) groups is 1. The number of nitrogens with zero attached hydrogens (tertiary/aromatic N) is 1. The van der Waals surface area contributed by atoms with Crippen LogP contribution in [0.1, 0.15) is 6.42 Å². The Morgan fingerprint density at radius 3 is 2.68 bits per heavy atom. The third kappa shape index (κ3) is 3.75. The van der Waals surface area contributed by atoms with Gasteiger partial charge in [0.2, 0.25) is 5.91 Å². The fourth-order valence-corrected chi connectivity index (χ4v) is 1.97. The normalized spacial score (nSPS) is 15.3. The Morgan fingerprint density at radius 2 is 2.00 bits per heavy atom. The van der Waals surface area contributed by atoms with Crippen molar-refractivity contribution >= 4 is 23.0 Å². The molecule has 1 amide bonds. The summed E-state index contributed by atoms with van der Waals surface area (Å²) in [5.74, 6) is 0.152. The molecule has 6 heteroatoms. The number of nitrogen functional groups attached to an aromatic ring is 2. The van der Waals surface area contributed by atoms with Gasteiger partial charge in [-0.15, -0.1) is 0 Å². The lowest BCUT2D eigenvalue weighted by Crippen LogP contribution is -2.41. The molecule has 0 saturated carbocycles. The van der Waals surface area contributed by atoms with Crippen molar-refractivity contribution in [2.75, 3.05) is 49.6 Å². The fourth-order valence-electron chi connectivity index (χ4n) is 1.97. The standard InChI is InChI=1S/C13H20N4O2/c14-11-2-1-10(9-12(11)15)16-4-3-13(18)17-5-7-19-8-6-17/h1-2,9,16H,3-8,14-15H2. The highest BCUT2D eigenvalue weighted by molar-refractivity contribution is 5.77. The maximum absolute atomic E-state index is 11.9. The van der Waals surface area contributed by atoms with E-state index in [-0.39, 0.29) is 5.91 Å². The van der Waals surface area contributed by atoms with Crippen molar-refractivity contribution in [2.45, 2.75) is 6.42 Å². The van der Waals surface area contributed by atoms with E-state index in [0.29, 0.717) is 50.6 Å². The van der Waals surface area contributed by atoms with Gasteiger partial charge in [0.25, 0.3) is 0 Å². The molecular weight excluding hydrogens is 244 g/mol. The molecule has 0 bridgehead atoms. The zero-order chi connectivity index (χ0) is 13.7. The summed E-state index contributed by atoms with van der Waals surface area (Å²) in [4.78, 5) is 13.7. The number of hydrogen-bond acceptors (Lipinski definition) is 5. The number of benzene rings is 1. The van der Waals surface area contributed by atoms with Crippen LogP contribution in [0, 0.1) is 0 Å². The molecule has 1 saturated heterocycles. The summed E-state index contributed by atoms with van der Waals surface area (Å²) in [5.41, 5.74) is 13.3. The molecule has 5 N–H and O–H groups in total. The molecule has 1 aromatic rings. The summed E-state index contributed by atoms with van der Waals surface area (Å²) in [6.07, 6.45) is 0.463. The molecule has 2 rings (SSSR count). The lowest BCUT2D eigenvalue weighted by atomic mass is 10.2. The molecule has 0 atom stereocenters. The lowest BCUT2D eigenvalue weighted by molar-refractivity contribution is -0.134. The van der Waals surface area contributed by atoms with Crippen LogP contribution in [0.3, 0.4) is 0 Å². The average molecular weight is 264 g/mol. The van der Waals surface area contributed by atoms with Gasteiger partial charge in [0.05, 0.1) is 24.6 Å². The van der Waals surface area contributed by atoms with Crippen LogP contribution in [0.15, 0.2) is 18.2 Å². The summed E-state index contributed by atoms with van der Waals surface area (Å²) in [6.45, 7) is 3.22. The van der Waals surface area contributed by atoms with Crippen molar-refractivity contribution in [3.8, 4) is 0 Å². The number of anilines is 3. The van der Waals surface area contributed by atoms with E-state index in [1.807, 2.05) is 11.0 Å². The van der Waals surface area contributed by atoms with Gasteiger partial charge in [0.1, 0.15) is 0 Å². The number of carbonyl (C=O) groups excluding carboxylic acids is 1. The van der Waals surface area contributed by atoms with Gasteiger partial charge in [-0.25, -0.2) is 0 Å². The molecule has 0 radical (unpaired) electrons. The van der Waals surface area contributed by atoms with Crippen molar-refractivity contribution in [1.29, 1.82) is 0 Å². The molecule has 104 valence electrons. The highest BCUT2D eigenvalue weighted by Crippen LogP contribution is 2.19. The summed E-state index contributed by atoms with van der Waals surface area (Å²) in [5, 5.41) is 3.17. The van der Waals surface area contributed by atoms with Crippen LogP contribution in [0.4, 0.5) is 17.1 Å². The van der Waals surface area contributed by atoms with E-state index < -0.39 is 0 Å². The van der Waals surface area contributed by atoms with Crippen molar-refractivity contribution < 1.29 is 9.53 Å². The number of nitrogens with two attached hydrogens (primary N) is 2. The second-order valence-electron chi connectivity index (χ2n) is 4.51. The van der Waals surface area contributed by atoms with E-state index in [1.54, 1.807) is 12.1 Å². The second kappa shape index (κ2) is 6.29.